The third-order valence-corrected chi connectivity index (χ3v) is 3.93. The van der Waals surface area contributed by atoms with Crippen LogP contribution >= 0.6 is 11.3 Å². The Balaban J connectivity index is 3.23. The van der Waals surface area contributed by atoms with E-state index < -0.39 is 15.9 Å². The smallest absolute Gasteiger partial charge is 0.328 e. The Bertz CT molecular complexity index is 589. The van der Waals surface area contributed by atoms with Crippen LogP contribution in [0.5, 0.6) is 0 Å². The van der Waals surface area contributed by atoms with Crippen LogP contribution in [0.4, 0.5) is 9.93 Å². The lowest BCUT2D eigenvalue weighted by molar-refractivity contribution is 0.250. The first-order valence-electron chi connectivity index (χ1n) is 4.80. The SMILES string of the molecule is C=CC(=C)N(C(=O)NC)c1nc(S(C)(=O)=O)cs1. The Kier molecular flexibility index (Phi) is 4.25. The minimum absolute atomic E-state index is 0.0757. The molecule has 0 saturated carbocycles. The van der Waals surface area contributed by atoms with Crippen molar-refractivity contribution in [2.24, 2.45) is 0 Å². The highest BCUT2D eigenvalue weighted by molar-refractivity contribution is 7.90. The molecule has 6 nitrogen and oxygen atoms in total. The number of rotatable bonds is 4. The number of hydrogen-bond donors (Lipinski definition) is 1. The first kappa shape index (κ1) is 14.4. The number of sulfone groups is 1. The fraction of sp³-hybridized carbons (Fsp3) is 0.200. The Morgan fingerprint density at radius 1 is 1.61 bits per heavy atom. The third kappa shape index (κ3) is 2.96. The van der Waals surface area contributed by atoms with E-state index in [1.807, 2.05) is 0 Å². The van der Waals surface area contributed by atoms with E-state index in [9.17, 15) is 13.2 Å². The number of carbonyl (C=O) groups is 1. The molecule has 0 fully saturated rings. The number of allylic oxidation sites excluding steroid dienone is 1. The Labute approximate surface area is 110 Å². The normalized spacial score (nSPS) is 10.8. The maximum Gasteiger partial charge on any atom is 0.328 e. The van der Waals surface area contributed by atoms with Crippen LogP contribution < -0.4 is 10.2 Å². The molecule has 0 aliphatic carbocycles. The minimum atomic E-state index is -3.39. The highest BCUT2D eigenvalue weighted by Gasteiger charge is 2.22. The summed E-state index contributed by atoms with van der Waals surface area (Å²) >= 11 is 1.04. The predicted molar refractivity (Wildman–Crippen MR) is 71.5 cm³/mol. The minimum Gasteiger partial charge on any atom is -0.340 e. The molecular formula is C10H13N3O3S2. The summed E-state index contributed by atoms with van der Waals surface area (Å²) in [7, 11) is -1.94. The van der Waals surface area contributed by atoms with Gasteiger partial charge in [-0.2, -0.15) is 0 Å². The van der Waals surface area contributed by atoms with Gasteiger partial charge in [0.05, 0.1) is 0 Å². The summed E-state index contributed by atoms with van der Waals surface area (Å²) in [4.78, 5) is 16.8. The maximum atomic E-state index is 11.7. The molecule has 0 spiro atoms. The standard InChI is InChI=1S/C10H13N3O3S2/c1-5-7(2)13(9(14)11-3)10-12-8(6-17-10)18(4,15)16/h5-6H,1-2H2,3-4H3,(H,11,14). The van der Waals surface area contributed by atoms with Gasteiger partial charge in [-0.1, -0.05) is 13.2 Å². The maximum absolute atomic E-state index is 11.7. The van der Waals surface area contributed by atoms with E-state index in [0.29, 0.717) is 5.70 Å². The number of hydrogen-bond acceptors (Lipinski definition) is 5. The number of nitrogens with one attached hydrogen (secondary N) is 1. The van der Waals surface area contributed by atoms with E-state index in [1.165, 1.54) is 18.5 Å². The fourth-order valence-electron chi connectivity index (χ4n) is 1.07. The van der Waals surface area contributed by atoms with E-state index in [2.05, 4.69) is 23.5 Å². The van der Waals surface area contributed by atoms with Gasteiger partial charge in [0, 0.05) is 24.4 Å². The predicted octanol–water partition coefficient (Wildman–Crippen LogP) is 1.39. The number of carbonyl (C=O) groups excluding carboxylic acids is 1. The molecular weight excluding hydrogens is 274 g/mol. The van der Waals surface area contributed by atoms with Crippen molar-refractivity contribution in [1.29, 1.82) is 0 Å². The molecule has 0 atom stereocenters. The molecule has 1 rings (SSSR count). The monoisotopic (exact) mass is 287 g/mol. The summed E-state index contributed by atoms with van der Waals surface area (Å²) in [5, 5.41) is 3.94. The van der Waals surface area contributed by atoms with Crippen molar-refractivity contribution in [3.05, 3.63) is 30.3 Å². The van der Waals surface area contributed by atoms with E-state index >= 15 is 0 Å². The molecule has 1 aromatic heterocycles. The lowest BCUT2D eigenvalue weighted by Gasteiger charge is -2.18. The van der Waals surface area contributed by atoms with E-state index in [1.54, 1.807) is 0 Å². The molecule has 1 heterocycles. The molecule has 0 unspecified atom stereocenters. The first-order valence-corrected chi connectivity index (χ1v) is 7.57. The number of thiazole rings is 1. The highest BCUT2D eigenvalue weighted by atomic mass is 32.2. The average molecular weight is 287 g/mol. The lowest BCUT2D eigenvalue weighted by atomic mass is 10.4. The molecule has 0 bridgehead atoms. The molecule has 98 valence electrons. The largest absolute Gasteiger partial charge is 0.340 e. The van der Waals surface area contributed by atoms with Crippen LogP contribution in [0.15, 0.2) is 35.3 Å². The summed E-state index contributed by atoms with van der Waals surface area (Å²) in [6.07, 6.45) is 2.44. The van der Waals surface area contributed by atoms with Gasteiger partial charge in [0.15, 0.2) is 20.0 Å². The lowest BCUT2D eigenvalue weighted by Crippen LogP contribution is -2.36. The molecule has 18 heavy (non-hydrogen) atoms. The summed E-state index contributed by atoms with van der Waals surface area (Å²) in [5.74, 6) is 0. The molecule has 0 saturated heterocycles. The molecule has 8 heteroatoms. The molecule has 1 N–H and O–H groups in total. The summed E-state index contributed by atoms with van der Waals surface area (Å²) < 4.78 is 22.7. The van der Waals surface area contributed by atoms with Gasteiger partial charge >= 0.3 is 6.03 Å². The highest BCUT2D eigenvalue weighted by Crippen LogP contribution is 2.26. The van der Waals surface area contributed by atoms with Gasteiger partial charge in [0.1, 0.15) is 0 Å². The summed E-state index contributed by atoms with van der Waals surface area (Å²) in [6.45, 7) is 7.17. The Morgan fingerprint density at radius 2 is 2.22 bits per heavy atom. The number of anilines is 1. The molecule has 2 amide bonds. The van der Waals surface area contributed by atoms with E-state index in [4.69, 9.17) is 0 Å². The van der Waals surface area contributed by atoms with Gasteiger partial charge in [-0.3, -0.25) is 0 Å². The zero-order chi connectivity index (χ0) is 13.9. The summed E-state index contributed by atoms with van der Waals surface area (Å²) in [6, 6.07) is -0.464. The van der Waals surface area contributed by atoms with Crippen LogP contribution in [0.2, 0.25) is 0 Å². The number of amides is 2. The fourth-order valence-corrected chi connectivity index (χ4v) is 2.94. The molecule has 1 aromatic rings. The zero-order valence-corrected chi connectivity index (χ0v) is 11.6. The third-order valence-electron chi connectivity index (χ3n) is 1.98. The van der Waals surface area contributed by atoms with Gasteiger partial charge in [-0.05, 0) is 6.08 Å². The van der Waals surface area contributed by atoms with Gasteiger partial charge in [0.25, 0.3) is 0 Å². The van der Waals surface area contributed by atoms with Crippen molar-refractivity contribution in [3.8, 4) is 0 Å². The van der Waals surface area contributed by atoms with Crippen molar-refractivity contribution in [2.75, 3.05) is 18.2 Å². The van der Waals surface area contributed by atoms with E-state index in [-0.39, 0.29) is 10.2 Å². The van der Waals surface area contributed by atoms with Crippen molar-refractivity contribution in [1.82, 2.24) is 10.3 Å². The molecule has 0 radical (unpaired) electrons. The van der Waals surface area contributed by atoms with Crippen molar-refractivity contribution in [3.63, 3.8) is 0 Å². The Morgan fingerprint density at radius 3 is 2.61 bits per heavy atom. The zero-order valence-electron chi connectivity index (χ0n) is 10.0. The summed E-state index contributed by atoms with van der Waals surface area (Å²) in [5.41, 5.74) is 0.309. The number of urea groups is 1. The van der Waals surface area contributed by atoms with Crippen molar-refractivity contribution < 1.29 is 13.2 Å². The van der Waals surface area contributed by atoms with Gasteiger partial charge in [-0.15, -0.1) is 11.3 Å². The Hall–Kier alpha value is -1.67. The van der Waals surface area contributed by atoms with Crippen LogP contribution in [0.3, 0.4) is 0 Å². The topological polar surface area (TPSA) is 79.4 Å². The number of aromatic nitrogens is 1. The quantitative estimate of drug-likeness (QED) is 0.849. The van der Waals surface area contributed by atoms with E-state index in [0.717, 1.165) is 22.5 Å². The number of nitrogens with zero attached hydrogens (tertiary/aromatic N) is 2. The second kappa shape index (κ2) is 5.32. The van der Waals surface area contributed by atoms with Crippen LogP contribution in [-0.4, -0.2) is 32.7 Å². The average Bonchev–Trinajstić information content (AvgIpc) is 2.77. The van der Waals surface area contributed by atoms with Crippen molar-refractivity contribution >= 4 is 32.3 Å². The molecule has 0 aliphatic rings. The van der Waals surface area contributed by atoms with Crippen LogP contribution in [0.1, 0.15) is 0 Å². The van der Waals surface area contributed by atoms with Gasteiger partial charge < -0.3 is 5.32 Å². The molecule has 0 aromatic carbocycles. The van der Waals surface area contributed by atoms with Crippen LogP contribution in [0, 0.1) is 0 Å². The van der Waals surface area contributed by atoms with Gasteiger partial charge in [0.2, 0.25) is 0 Å². The second-order valence-electron chi connectivity index (χ2n) is 3.33. The first-order chi connectivity index (χ1) is 8.31. The van der Waals surface area contributed by atoms with Crippen LogP contribution in [-0.2, 0) is 9.84 Å². The molecule has 0 aliphatic heterocycles. The van der Waals surface area contributed by atoms with Gasteiger partial charge in [-0.25, -0.2) is 23.1 Å². The second-order valence-corrected chi connectivity index (χ2v) is 6.13. The van der Waals surface area contributed by atoms with Crippen molar-refractivity contribution in [2.45, 2.75) is 5.03 Å². The van der Waals surface area contributed by atoms with Crippen LogP contribution in [0.25, 0.3) is 0 Å².